The first-order valence-electron chi connectivity index (χ1n) is 9.45. The van der Waals surface area contributed by atoms with E-state index in [1.54, 1.807) is 12.1 Å². The standard InChI is InChI=1S/C19H18FNO5S/c1-2-12-3-7-14(8-4-12)17-16(22)18(19(21)25-17)26-27(23,24)11-13-5-9-15(20)10-6-13/h3-10,17H,2,11,21H2,1H3/t17-/m0/s1/i11D2,17D. The minimum absolute atomic E-state index is 0.102. The van der Waals surface area contributed by atoms with Crippen molar-refractivity contribution in [3.8, 4) is 0 Å². The van der Waals surface area contributed by atoms with Crippen LogP contribution in [-0.2, 0) is 36.0 Å². The van der Waals surface area contributed by atoms with Gasteiger partial charge >= 0.3 is 10.1 Å². The quantitative estimate of drug-likeness (QED) is 0.757. The van der Waals surface area contributed by atoms with Gasteiger partial charge in [0, 0.05) is 5.56 Å². The molecule has 1 aliphatic heterocycles. The molecule has 0 amide bonds. The number of rotatable bonds is 6. The molecule has 0 aromatic heterocycles. The van der Waals surface area contributed by atoms with Crippen LogP contribution in [-0.4, -0.2) is 14.2 Å². The molecular formula is C19H18FNO5S. The molecule has 0 unspecified atom stereocenters. The molecule has 6 nitrogen and oxygen atoms in total. The molecule has 1 atom stereocenters. The van der Waals surface area contributed by atoms with Gasteiger partial charge in [-0.15, -0.1) is 0 Å². The highest BCUT2D eigenvalue weighted by atomic mass is 32.2. The van der Waals surface area contributed by atoms with Crippen molar-refractivity contribution in [2.75, 3.05) is 0 Å². The lowest BCUT2D eigenvalue weighted by molar-refractivity contribution is -0.123. The van der Waals surface area contributed by atoms with E-state index in [0.29, 0.717) is 0 Å². The third-order valence-corrected chi connectivity index (χ3v) is 4.62. The van der Waals surface area contributed by atoms with Crippen molar-refractivity contribution >= 4 is 15.9 Å². The summed E-state index contributed by atoms with van der Waals surface area (Å²) < 4.78 is 72.2. The molecule has 27 heavy (non-hydrogen) atoms. The fraction of sp³-hybridized carbons (Fsp3) is 0.211. The fourth-order valence-corrected chi connectivity index (χ4v) is 3.21. The van der Waals surface area contributed by atoms with E-state index in [4.69, 9.17) is 18.8 Å². The van der Waals surface area contributed by atoms with Crippen LogP contribution in [0.3, 0.4) is 0 Å². The van der Waals surface area contributed by atoms with E-state index in [0.717, 1.165) is 36.2 Å². The number of hydrogen-bond acceptors (Lipinski definition) is 6. The van der Waals surface area contributed by atoms with Crippen molar-refractivity contribution in [1.29, 1.82) is 0 Å². The van der Waals surface area contributed by atoms with E-state index in [1.807, 2.05) is 6.92 Å². The van der Waals surface area contributed by atoms with Crippen LogP contribution in [0.4, 0.5) is 4.39 Å². The largest absolute Gasteiger partial charge is 0.460 e. The van der Waals surface area contributed by atoms with Crippen molar-refractivity contribution in [3.63, 3.8) is 0 Å². The van der Waals surface area contributed by atoms with Crippen LogP contribution in [0.1, 0.15) is 33.8 Å². The zero-order valence-electron chi connectivity index (χ0n) is 17.2. The van der Waals surface area contributed by atoms with E-state index in [1.165, 1.54) is 12.1 Å². The number of benzene rings is 2. The molecule has 0 saturated heterocycles. The first-order chi connectivity index (χ1) is 13.9. The number of nitrogens with two attached hydrogens (primary N) is 1. The molecule has 142 valence electrons. The molecule has 1 heterocycles. The maximum Gasteiger partial charge on any atom is 0.313 e. The van der Waals surface area contributed by atoms with Gasteiger partial charge in [0.2, 0.25) is 17.4 Å². The SMILES string of the molecule is [2H]C([2H])(c1ccc(F)cc1)S(=O)(=O)OC1=C(N)O[C@@]([2H])(c2ccc(CC)cc2)C1=O. The topological polar surface area (TPSA) is 95.7 Å². The molecule has 0 saturated carbocycles. The first kappa shape index (κ1) is 15.2. The average Bonchev–Trinajstić information content (AvgIpc) is 2.92. The van der Waals surface area contributed by atoms with E-state index in [2.05, 4.69) is 0 Å². The predicted molar refractivity (Wildman–Crippen MR) is 96.0 cm³/mol. The number of Topliss-reactive ketones (excluding diaryl/α,β-unsaturated/α-hetero) is 1. The van der Waals surface area contributed by atoms with Crippen molar-refractivity contribution in [2.45, 2.75) is 25.1 Å². The van der Waals surface area contributed by atoms with Crippen molar-refractivity contribution in [1.82, 2.24) is 0 Å². The van der Waals surface area contributed by atoms with Gasteiger partial charge in [-0.3, -0.25) is 4.79 Å². The Hall–Kier alpha value is -2.87. The van der Waals surface area contributed by atoms with Gasteiger partial charge in [0.15, 0.2) is 6.08 Å². The van der Waals surface area contributed by atoms with Gasteiger partial charge in [0.25, 0.3) is 0 Å². The Labute approximate surface area is 160 Å². The second-order valence-corrected chi connectivity index (χ2v) is 6.93. The van der Waals surface area contributed by atoms with Gasteiger partial charge in [0.1, 0.15) is 11.5 Å². The Morgan fingerprint density at radius 3 is 2.37 bits per heavy atom. The molecule has 0 aliphatic carbocycles. The van der Waals surface area contributed by atoms with Crippen LogP contribution >= 0.6 is 0 Å². The molecule has 0 fully saturated rings. The number of ketones is 1. The van der Waals surface area contributed by atoms with Gasteiger partial charge in [0.05, 0.1) is 4.11 Å². The van der Waals surface area contributed by atoms with Crippen LogP contribution in [0.15, 0.2) is 60.2 Å². The summed E-state index contributed by atoms with van der Waals surface area (Å²) in [4.78, 5) is 12.8. The van der Waals surface area contributed by atoms with Crippen LogP contribution < -0.4 is 5.73 Å². The highest BCUT2D eigenvalue weighted by Gasteiger charge is 2.39. The minimum Gasteiger partial charge on any atom is -0.460 e. The fourth-order valence-electron chi connectivity index (χ4n) is 2.37. The first-order valence-corrected chi connectivity index (χ1v) is 9.36. The third kappa shape index (κ3) is 4.28. The van der Waals surface area contributed by atoms with Crippen LogP contribution in [0.5, 0.6) is 0 Å². The molecule has 2 aromatic carbocycles. The van der Waals surface area contributed by atoms with Crippen molar-refractivity contribution < 1.29 is 30.6 Å². The Morgan fingerprint density at radius 2 is 1.78 bits per heavy atom. The summed E-state index contributed by atoms with van der Waals surface area (Å²) in [6, 6.07) is 9.96. The number of carbonyl (C=O) groups excluding carboxylic acids is 1. The molecule has 3 rings (SSSR count). The highest BCUT2D eigenvalue weighted by Crippen LogP contribution is 2.32. The van der Waals surface area contributed by atoms with Gasteiger partial charge in [-0.05, 0) is 29.7 Å². The van der Waals surface area contributed by atoms with E-state index >= 15 is 0 Å². The molecule has 0 radical (unpaired) electrons. The Kier molecular flexibility index (Phi) is 4.17. The Bertz CT molecular complexity index is 1120. The molecule has 2 aromatic rings. The summed E-state index contributed by atoms with van der Waals surface area (Å²) in [7, 11) is -5.13. The minimum atomic E-state index is -5.13. The van der Waals surface area contributed by atoms with E-state index < -0.39 is 50.7 Å². The molecule has 1 aliphatic rings. The van der Waals surface area contributed by atoms with Crippen molar-refractivity contribution in [2.24, 2.45) is 5.73 Å². The van der Waals surface area contributed by atoms with Crippen LogP contribution in [0.2, 0.25) is 0 Å². The molecule has 0 bridgehead atoms. The smallest absolute Gasteiger partial charge is 0.313 e. The number of aryl methyl sites for hydroxylation is 1. The molecule has 8 heteroatoms. The monoisotopic (exact) mass is 394 g/mol. The number of carbonyl (C=O) groups is 1. The zero-order chi connectivity index (χ0) is 22.3. The predicted octanol–water partition coefficient (Wildman–Crippen LogP) is 2.70. The van der Waals surface area contributed by atoms with Crippen molar-refractivity contribution in [3.05, 3.63) is 82.7 Å². The van der Waals surface area contributed by atoms with E-state index in [9.17, 15) is 17.6 Å². The third-order valence-electron chi connectivity index (χ3n) is 3.75. The maximum atomic E-state index is 13.1. The number of halogens is 1. The summed E-state index contributed by atoms with van der Waals surface area (Å²) in [6.07, 6.45) is -1.64. The lowest BCUT2D eigenvalue weighted by atomic mass is 10.0. The summed E-state index contributed by atoms with van der Waals surface area (Å²) in [5, 5.41) is 0. The summed E-state index contributed by atoms with van der Waals surface area (Å²) >= 11 is 0. The normalized spacial score (nSPS) is 22.0. The van der Waals surface area contributed by atoms with Gasteiger partial charge in [-0.2, -0.15) is 8.42 Å². The summed E-state index contributed by atoms with van der Waals surface area (Å²) in [5.41, 5.74) is 3.10. The highest BCUT2D eigenvalue weighted by molar-refractivity contribution is 7.86. The molecule has 0 spiro atoms. The second-order valence-electron chi connectivity index (χ2n) is 5.65. The molecule has 2 N–H and O–H groups in total. The van der Waals surface area contributed by atoms with Gasteiger partial charge in [-0.1, -0.05) is 43.3 Å². The van der Waals surface area contributed by atoms with E-state index in [-0.39, 0.29) is 5.56 Å². The maximum absolute atomic E-state index is 13.1. The lowest BCUT2D eigenvalue weighted by Crippen LogP contribution is -2.16. The lowest BCUT2D eigenvalue weighted by Gasteiger charge is -2.10. The van der Waals surface area contributed by atoms with Crippen LogP contribution in [0.25, 0.3) is 0 Å². The second kappa shape index (κ2) is 7.40. The van der Waals surface area contributed by atoms with Gasteiger partial charge < -0.3 is 14.7 Å². The Balaban J connectivity index is 1.91. The average molecular weight is 394 g/mol. The Morgan fingerprint density at radius 1 is 1.19 bits per heavy atom. The number of ether oxygens (including phenoxy) is 1. The van der Waals surface area contributed by atoms with Gasteiger partial charge in [-0.25, -0.2) is 4.39 Å². The summed E-state index contributed by atoms with van der Waals surface area (Å²) in [6.45, 7) is 1.92. The molecular weight excluding hydrogens is 373 g/mol. The number of hydrogen-bond donors (Lipinski definition) is 1. The summed E-state index contributed by atoms with van der Waals surface area (Å²) in [5.74, 6) is -3.63. The van der Waals surface area contributed by atoms with Crippen LogP contribution in [0, 0.1) is 5.82 Å². The zero-order valence-corrected chi connectivity index (χ0v) is 15.0.